The third-order valence-corrected chi connectivity index (χ3v) is 3.29. The van der Waals surface area contributed by atoms with Crippen molar-refractivity contribution in [2.45, 2.75) is 26.3 Å². The summed E-state index contributed by atoms with van der Waals surface area (Å²) >= 11 is 0. The molecule has 0 aromatic heterocycles. The molecular formula is C17H16F2N2. The van der Waals surface area contributed by atoms with Crippen molar-refractivity contribution in [3.05, 3.63) is 64.7 Å². The van der Waals surface area contributed by atoms with Gasteiger partial charge in [0.05, 0.1) is 11.6 Å². The average Bonchev–Trinajstić information content (AvgIpc) is 2.46. The number of nitrogens with zero attached hydrogens (tertiary/aromatic N) is 1. The smallest absolute Gasteiger partial charge is 0.150 e. The molecule has 0 aliphatic carbocycles. The SMILES string of the molecule is CC(C)c1ccc(CNc2c(F)cc(C#N)cc2F)cc1. The molecule has 21 heavy (non-hydrogen) atoms. The molecule has 0 spiro atoms. The molecule has 0 saturated carbocycles. The van der Waals surface area contributed by atoms with E-state index < -0.39 is 11.6 Å². The van der Waals surface area contributed by atoms with Crippen LogP contribution in [-0.2, 0) is 6.54 Å². The van der Waals surface area contributed by atoms with E-state index in [0.717, 1.165) is 17.7 Å². The van der Waals surface area contributed by atoms with Crippen LogP contribution in [0.1, 0.15) is 36.5 Å². The predicted molar refractivity (Wildman–Crippen MR) is 78.9 cm³/mol. The lowest BCUT2D eigenvalue weighted by atomic mass is 10.0. The number of hydrogen-bond acceptors (Lipinski definition) is 2. The van der Waals surface area contributed by atoms with Crippen molar-refractivity contribution in [2.24, 2.45) is 0 Å². The van der Waals surface area contributed by atoms with E-state index in [9.17, 15) is 8.78 Å². The van der Waals surface area contributed by atoms with Crippen molar-refractivity contribution in [1.82, 2.24) is 0 Å². The number of rotatable bonds is 4. The van der Waals surface area contributed by atoms with Crippen LogP contribution in [0.2, 0.25) is 0 Å². The molecule has 2 nitrogen and oxygen atoms in total. The third kappa shape index (κ3) is 3.57. The lowest BCUT2D eigenvalue weighted by Gasteiger charge is -2.10. The van der Waals surface area contributed by atoms with Gasteiger partial charge in [-0.3, -0.25) is 0 Å². The maximum Gasteiger partial charge on any atom is 0.150 e. The fraction of sp³-hybridized carbons (Fsp3) is 0.235. The first-order valence-electron chi connectivity index (χ1n) is 6.73. The molecule has 0 fully saturated rings. The first-order chi connectivity index (χ1) is 10.0. The predicted octanol–water partition coefficient (Wildman–Crippen LogP) is 4.57. The first-order valence-corrected chi connectivity index (χ1v) is 6.73. The summed E-state index contributed by atoms with van der Waals surface area (Å²) in [5, 5.41) is 11.4. The Morgan fingerprint density at radius 1 is 1.10 bits per heavy atom. The average molecular weight is 286 g/mol. The van der Waals surface area contributed by atoms with Gasteiger partial charge in [0.15, 0.2) is 11.6 Å². The van der Waals surface area contributed by atoms with Crippen molar-refractivity contribution in [1.29, 1.82) is 5.26 Å². The Kier molecular flexibility index (Phi) is 4.54. The van der Waals surface area contributed by atoms with E-state index in [1.54, 1.807) is 6.07 Å². The molecule has 4 heteroatoms. The second-order valence-corrected chi connectivity index (χ2v) is 5.18. The lowest BCUT2D eigenvalue weighted by Crippen LogP contribution is -2.04. The maximum atomic E-state index is 13.7. The summed E-state index contributed by atoms with van der Waals surface area (Å²) < 4.78 is 27.4. The van der Waals surface area contributed by atoms with Crippen molar-refractivity contribution < 1.29 is 8.78 Å². The van der Waals surface area contributed by atoms with Crippen molar-refractivity contribution in [2.75, 3.05) is 5.32 Å². The third-order valence-electron chi connectivity index (χ3n) is 3.29. The van der Waals surface area contributed by atoms with E-state index in [4.69, 9.17) is 5.26 Å². The van der Waals surface area contributed by atoms with Gasteiger partial charge in [-0.15, -0.1) is 0 Å². The number of hydrogen-bond donors (Lipinski definition) is 1. The topological polar surface area (TPSA) is 35.8 Å². The van der Waals surface area contributed by atoms with E-state index in [1.165, 1.54) is 5.56 Å². The van der Waals surface area contributed by atoms with Gasteiger partial charge in [0.2, 0.25) is 0 Å². The molecule has 0 radical (unpaired) electrons. The van der Waals surface area contributed by atoms with Crippen molar-refractivity contribution in [3.8, 4) is 6.07 Å². The summed E-state index contributed by atoms with van der Waals surface area (Å²) in [6.07, 6.45) is 0. The molecule has 0 unspecified atom stereocenters. The Morgan fingerprint density at radius 3 is 2.14 bits per heavy atom. The second-order valence-electron chi connectivity index (χ2n) is 5.18. The molecule has 0 amide bonds. The van der Waals surface area contributed by atoms with Gasteiger partial charge in [-0.1, -0.05) is 38.1 Å². The molecule has 0 saturated heterocycles. The van der Waals surface area contributed by atoms with Crippen LogP contribution in [0.5, 0.6) is 0 Å². The van der Waals surface area contributed by atoms with Gasteiger partial charge < -0.3 is 5.32 Å². The Morgan fingerprint density at radius 2 is 1.67 bits per heavy atom. The van der Waals surface area contributed by atoms with E-state index in [-0.39, 0.29) is 11.3 Å². The summed E-state index contributed by atoms with van der Waals surface area (Å²) in [6.45, 7) is 4.53. The summed E-state index contributed by atoms with van der Waals surface area (Å²) in [4.78, 5) is 0. The first kappa shape index (κ1) is 15.0. The molecular weight excluding hydrogens is 270 g/mol. The summed E-state index contributed by atoms with van der Waals surface area (Å²) in [5.74, 6) is -1.07. The zero-order valence-electron chi connectivity index (χ0n) is 12.0. The lowest BCUT2D eigenvalue weighted by molar-refractivity contribution is 0.587. The highest BCUT2D eigenvalue weighted by Gasteiger charge is 2.11. The minimum absolute atomic E-state index is 0.0307. The fourth-order valence-electron chi connectivity index (χ4n) is 2.02. The fourth-order valence-corrected chi connectivity index (χ4v) is 2.02. The molecule has 2 aromatic rings. The van der Waals surface area contributed by atoms with E-state index in [2.05, 4.69) is 19.2 Å². The van der Waals surface area contributed by atoms with Crippen LogP contribution in [0, 0.1) is 23.0 Å². The monoisotopic (exact) mass is 286 g/mol. The second kappa shape index (κ2) is 6.36. The summed E-state index contributed by atoms with van der Waals surface area (Å²) in [6, 6.07) is 11.6. The molecule has 0 bridgehead atoms. The Hall–Kier alpha value is -2.41. The number of nitrogens with one attached hydrogen (secondary N) is 1. The van der Waals surface area contributed by atoms with Gasteiger partial charge >= 0.3 is 0 Å². The van der Waals surface area contributed by atoms with Gasteiger partial charge in [-0.25, -0.2) is 8.78 Å². The zero-order valence-corrected chi connectivity index (χ0v) is 12.0. The largest absolute Gasteiger partial charge is 0.376 e. The van der Waals surface area contributed by atoms with Gasteiger partial charge in [0, 0.05) is 6.54 Å². The normalized spacial score (nSPS) is 10.5. The van der Waals surface area contributed by atoms with Crippen molar-refractivity contribution in [3.63, 3.8) is 0 Å². The van der Waals surface area contributed by atoms with Gasteiger partial charge in [-0.2, -0.15) is 5.26 Å². The number of halogens is 2. The summed E-state index contributed by atoms with van der Waals surface area (Å²) in [5.41, 5.74) is 1.91. The molecule has 0 aliphatic heterocycles. The van der Waals surface area contributed by atoms with Gasteiger partial charge in [-0.05, 0) is 29.2 Å². The molecule has 0 atom stereocenters. The van der Waals surface area contributed by atoms with Gasteiger partial charge in [0.25, 0.3) is 0 Å². The molecule has 2 rings (SSSR count). The maximum absolute atomic E-state index is 13.7. The molecule has 0 heterocycles. The highest BCUT2D eigenvalue weighted by Crippen LogP contribution is 2.22. The Balaban J connectivity index is 2.11. The standard InChI is InChI=1S/C17H16F2N2/c1-11(2)14-5-3-12(4-6-14)10-21-17-15(18)7-13(9-20)8-16(17)19/h3-8,11,21H,10H2,1-2H3. The number of benzene rings is 2. The van der Waals surface area contributed by atoms with E-state index in [0.29, 0.717) is 12.5 Å². The van der Waals surface area contributed by atoms with Gasteiger partial charge in [0.1, 0.15) is 5.69 Å². The van der Waals surface area contributed by atoms with Crippen LogP contribution in [0.3, 0.4) is 0 Å². The molecule has 2 aromatic carbocycles. The van der Waals surface area contributed by atoms with Crippen LogP contribution in [0.4, 0.5) is 14.5 Å². The quantitative estimate of drug-likeness (QED) is 0.893. The number of nitriles is 1. The zero-order chi connectivity index (χ0) is 15.4. The molecule has 0 aliphatic rings. The van der Waals surface area contributed by atoms with Crippen LogP contribution in [0.15, 0.2) is 36.4 Å². The van der Waals surface area contributed by atoms with E-state index >= 15 is 0 Å². The van der Waals surface area contributed by atoms with Crippen LogP contribution in [-0.4, -0.2) is 0 Å². The van der Waals surface area contributed by atoms with Crippen LogP contribution >= 0.6 is 0 Å². The molecule has 108 valence electrons. The highest BCUT2D eigenvalue weighted by molar-refractivity contribution is 5.50. The van der Waals surface area contributed by atoms with Crippen LogP contribution in [0.25, 0.3) is 0 Å². The van der Waals surface area contributed by atoms with E-state index in [1.807, 2.05) is 24.3 Å². The van der Waals surface area contributed by atoms with Crippen LogP contribution < -0.4 is 5.32 Å². The van der Waals surface area contributed by atoms with Crippen molar-refractivity contribution >= 4 is 5.69 Å². The Labute approximate surface area is 123 Å². The molecule has 1 N–H and O–H groups in total. The Bertz CT molecular complexity index is 647. The highest BCUT2D eigenvalue weighted by atomic mass is 19.1. The number of anilines is 1. The minimum atomic E-state index is -0.759. The summed E-state index contributed by atoms with van der Waals surface area (Å²) in [7, 11) is 0. The minimum Gasteiger partial charge on any atom is -0.376 e.